The number of carbonyl (C=O) groups excluding carboxylic acids is 1. The van der Waals surface area contributed by atoms with Crippen molar-refractivity contribution in [2.75, 3.05) is 13.1 Å². The molecule has 2 saturated carbocycles. The van der Waals surface area contributed by atoms with Crippen LogP contribution in [0.4, 0.5) is 0 Å². The van der Waals surface area contributed by atoms with Gasteiger partial charge in [-0.15, -0.1) is 0 Å². The first kappa shape index (κ1) is 15.3. The van der Waals surface area contributed by atoms with Crippen LogP contribution in [0.5, 0.6) is 0 Å². The molecule has 25 heavy (non-hydrogen) atoms. The van der Waals surface area contributed by atoms with Crippen molar-refractivity contribution in [2.45, 2.75) is 44.6 Å². The van der Waals surface area contributed by atoms with E-state index in [1.807, 2.05) is 29.6 Å². The Hall–Kier alpha value is -1.95. The number of amides is 1. The van der Waals surface area contributed by atoms with Crippen LogP contribution in [0.15, 0.2) is 6.07 Å². The first-order valence-corrected chi connectivity index (χ1v) is 9.42. The molecule has 6 nitrogen and oxygen atoms in total. The maximum atomic E-state index is 13.4. The highest BCUT2D eigenvalue weighted by molar-refractivity contribution is 6.06. The maximum absolute atomic E-state index is 13.4. The Morgan fingerprint density at radius 3 is 2.76 bits per heavy atom. The summed E-state index contributed by atoms with van der Waals surface area (Å²) in [6, 6.07) is 2.29. The van der Waals surface area contributed by atoms with Crippen molar-refractivity contribution in [1.29, 1.82) is 0 Å². The van der Waals surface area contributed by atoms with Gasteiger partial charge in [0.15, 0.2) is 5.65 Å². The van der Waals surface area contributed by atoms with E-state index in [2.05, 4.69) is 5.10 Å². The summed E-state index contributed by atoms with van der Waals surface area (Å²) in [6.07, 6.45) is 4.60. The lowest BCUT2D eigenvalue weighted by atomic mass is 9.98. The van der Waals surface area contributed by atoms with Crippen LogP contribution in [-0.4, -0.2) is 44.7 Å². The molecule has 5 rings (SSSR count). The predicted octanol–water partition coefficient (Wildman–Crippen LogP) is 1.96. The zero-order valence-electron chi connectivity index (χ0n) is 14.9. The quantitative estimate of drug-likeness (QED) is 0.907. The van der Waals surface area contributed by atoms with Crippen molar-refractivity contribution in [1.82, 2.24) is 19.7 Å². The minimum absolute atomic E-state index is 0.131. The Bertz CT molecular complexity index is 868. The normalized spacial score (nSPS) is 28.8. The first-order valence-electron chi connectivity index (χ1n) is 9.42. The molecule has 2 aromatic rings. The second-order valence-corrected chi connectivity index (χ2v) is 8.15. The third-order valence-corrected chi connectivity index (χ3v) is 6.41. The summed E-state index contributed by atoms with van der Waals surface area (Å²) < 4.78 is 1.81. The van der Waals surface area contributed by atoms with Crippen molar-refractivity contribution in [3.8, 4) is 0 Å². The lowest BCUT2D eigenvalue weighted by Gasteiger charge is -2.20. The Morgan fingerprint density at radius 2 is 2.04 bits per heavy atom. The molecule has 0 bridgehead atoms. The molecule has 3 fully saturated rings. The van der Waals surface area contributed by atoms with E-state index in [9.17, 15) is 4.79 Å². The SMILES string of the molecule is Cc1nn(C)c2nc(C3CC3)cc(C(=O)N3CC4CCC(N)C4C3)c12. The average molecular weight is 339 g/mol. The number of likely N-dealkylation sites (tertiary alicyclic amines) is 1. The van der Waals surface area contributed by atoms with Crippen molar-refractivity contribution in [3.05, 3.63) is 23.0 Å². The van der Waals surface area contributed by atoms with Gasteiger partial charge >= 0.3 is 0 Å². The summed E-state index contributed by atoms with van der Waals surface area (Å²) in [5, 5.41) is 5.43. The fourth-order valence-electron chi connectivity index (χ4n) is 4.86. The number of carbonyl (C=O) groups is 1. The molecule has 0 radical (unpaired) electrons. The summed E-state index contributed by atoms with van der Waals surface area (Å²) in [6.45, 7) is 3.61. The number of rotatable bonds is 2. The summed E-state index contributed by atoms with van der Waals surface area (Å²) >= 11 is 0. The zero-order valence-corrected chi connectivity index (χ0v) is 14.9. The van der Waals surface area contributed by atoms with Gasteiger partial charge in [0.05, 0.1) is 16.6 Å². The van der Waals surface area contributed by atoms with E-state index in [1.165, 1.54) is 12.8 Å². The minimum Gasteiger partial charge on any atom is -0.338 e. The van der Waals surface area contributed by atoms with Gasteiger partial charge < -0.3 is 10.6 Å². The van der Waals surface area contributed by atoms with Crippen LogP contribution in [0, 0.1) is 18.8 Å². The number of hydrogen-bond donors (Lipinski definition) is 1. The number of aromatic nitrogens is 3. The Kier molecular flexibility index (Phi) is 3.23. The van der Waals surface area contributed by atoms with Crippen molar-refractivity contribution >= 4 is 16.9 Å². The van der Waals surface area contributed by atoms with Gasteiger partial charge in [-0.2, -0.15) is 5.10 Å². The third-order valence-electron chi connectivity index (χ3n) is 6.41. The van der Waals surface area contributed by atoms with E-state index in [4.69, 9.17) is 10.7 Å². The van der Waals surface area contributed by atoms with Gasteiger partial charge in [0, 0.05) is 37.8 Å². The second-order valence-electron chi connectivity index (χ2n) is 8.15. The van der Waals surface area contributed by atoms with E-state index >= 15 is 0 Å². The topological polar surface area (TPSA) is 77.0 Å². The van der Waals surface area contributed by atoms with Gasteiger partial charge in [0.1, 0.15) is 0 Å². The fourth-order valence-corrected chi connectivity index (χ4v) is 4.86. The third kappa shape index (κ3) is 2.30. The van der Waals surface area contributed by atoms with E-state index in [0.717, 1.165) is 53.9 Å². The highest BCUT2D eigenvalue weighted by atomic mass is 16.2. The minimum atomic E-state index is 0.131. The average Bonchev–Trinajstić information content (AvgIpc) is 3.18. The predicted molar refractivity (Wildman–Crippen MR) is 95.3 cm³/mol. The molecule has 0 spiro atoms. The molecule has 1 saturated heterocycles. The number of nitrogens with zero attached hydrogens (tertiary/aromatic N) is 4. The summed E-state index contributed by atoms with van der Waals surface area (Å²) in [5.74, 6) is 1.69. The number of nitrogens with two attached hydrogens (primary N) is 1. The number of hydrogen-bond acceptors (Lipinski definition) is 4. The van der Waals surface area contributed by atoms with Crippen molar-refractivity contribution in [2.24, 2.45) is 24.6 Å². The van der Waals surface area contributed by atoms with Crippen LogP contribution in [0.2, 0.25) is 0 Å². The first-order chi connectivity index (χ1) is 12.0. The van der Waals surface area contributed by atoms with Crippen LogP contribution in [0.1, 0.15) is 53.3 Å². The number of pyridine rings is 1. The van der Waals surface area contributed by atoms with Crippen molar-refractivity contribution in [3.63, 3.8) is 0 Å². The van der Waals surface area contributed by atoms with Crippen LogP contribution in [0.25, 0.3) is 11.0 Å². The fraction of sp³-hybridized carbons (Fsp3) is 0.632. The van der Waals surface area contributed by atoms with E-state index < -0.39 is 0 Å². The molecule has 6 heteroatoms. The standard InChI is InChI=1S/C19H25N5O/c1-10-17-13(7-16(11-3-4-11)21-18(17)23(2)22-10)19(25)24-8-12-5-6-15(20)14(12)9-24/h7,11-12,14-15H,3-6,8-9,20H2,1-2H3. The van der Waals surface area contributed by atoms with Gasteiger partial charge in [0.2, 0.25) is 0 Å². The van der Waals surface area contributed by atoms with Gasteiger partial charge in [-0.05, 0) is 50.5 Å². The van der Waals surface area contributed by atoms with Gasteiger partial charge in [-0.3, -0.25) is 9.48 Å². The summed E-state index contributed by atoms with van der Waals surface area (Å²) in [5.41, 5.74) is 9.80. The van der Waals surface area contributed by atoms with Gasteiger partial charge in [-0.1, -0.05) is 0 Å². The highest BCUT2D eigenvalue weighted by Crippen LogP contribution is 2.41. The Morgan fingerprint density at radius 1 is 1.24 bits per heavy atom. The lowest BCUT2D eigenvalue weighted by Crippen LogP contribution is -2.33. The van der Waals surface area contributed by atoms with Gasteiger partial charge in [0.25, 0.3) is 5.91 Å². The van der Waals surface area contributed by atoms with Gasteiger partial charge in [-0.25, -0.2) is 4.98 Å². The lowest BCUT2D eigenvalue weighted by molar-refractivity contribution is 0.0781. The molecule has 1 amide bonds. The molecule has 0 aromatic carbocycles. The maximum Gasteiger partial charge on any atom is 0.254 e. The van der Waals surface area contributed by atoms with Crippen LogP contribution < -0.4 is 5.73 Å². The number of aryl methyl sites for hydroxylation is 2. The van der Waals surface area contributed by atoms with Crippen molar-refractivity contribution < 1.29 is 4.79 Å². The molecular formula is C19H25N5O. The monoisotopic (exact) mass is 339 g/mol. The smallest absolute Gasteiger partial charge is 0.254 e. The molecule has 1 aliphatic heterocycles. The van der Waals surface area contributed by atoms with E-state index in [0.29, 0.717) is 17.8 Å². The molecule has 2 aromatic heterocycles. The van der Waals surface area contributed by atoms with Crippen LogP contribution in [0.3, 0.4) is 0 Å². The van der Waals surface area contributed by atoms with E-state index in [1.54, 1.807) is 0 Å². The molecule has 132 valence electrons. The Labute approximate surface area is 147 Å². The molecular weight excluding hydrogens is 314 g/mol. The molecule has 2 N–H and O–H groups in total. The molecule has 3 aliphatic rings. The second kappa shape index (κ2) is 5.27. The summed E-state index contributed by atoms with van der Waals surface area (Å²) in [7, 11) is 1.91. The Balaban J connectivity index is 1.56. The molecule has 2 aliphatic carbocycles. The van der Waals surface area contributed by atoms with Crippen LogP contribution >= 0.6 is 0 Å². The van der Waals surface area contributed by atoms with E-state index in [-0.39, 0.29) is 11.9 Å². The molecule has 3 heterocycles. The number of fused-ring (bicyclic) bond motifs is 2. The largest absolute Gasteiger partial charge is 0.338 e. The summed E-state index contributed by atoms with van der Waals surface area (Å²) in [4.78, 5) is 20.2. The molecule has 3 unspecified atom stereocenters. The zero-order chi connectivity index (χ0) is 17.3. The highest BCUT2D eigenvalue weighted by Gasteiger charge is 2.43. The van der Waals surface area contributed by atoms with Crippen LogP contribution in [-0.2, 0) is 7.05 Å². The molecule has 3 atom stereocenters.